The molecule has 26 heavy (non-hydrogen) atoms. The van der Waals surface area contributed by atoms with Crippen molar-refractivity contribution < 1.29 is 18.7 Å². The van der Waals surface area contributed by atoms with Crippen LogP contribution in [0.1, 0.15) is 36.5 Å². The average Bonchev–Trinajstić information content (AvgIpc) is 3.32. The number of carbonyl (C=O) groups excluding carboxylic acids is 2. The van der Waals surface area contributed by atoms with E-state index in [0.29, 0.717) is 29.3 Å². The normalized spacial score (nSPS) is 23.7. The summed E-state index contributed by atoms with van der Waals surface area (Å²) in [5, 5.41) is 9.17. The first kappa shape index (κ1) is 16.7. The summed E-state index contributed by atoms with van der Waals surface area (Å²) in [6.07, 6.45) is 3.35. The van der Waals surface area contributed by atoms with Crippen LogP contribution in [0.25, 0.3) is 0 Å². The van der Waals surface area contributed by atoms with Crippen LogP contribution in [0.4, 0.5) is 5.88 Å². The molecule has 2 aliphatic heterocycles. The molecule has 2 amide bonds. The van der Waals surface area contributed by atoms with E-state index in [1.165, 1.54) is 13.3 Å². The number of benzene rings is 1. The lowest BCUT2D eigenvalue weighted by atomic mass is 9.95. The molecule has 2 fully saturated rings. The molecule has 2 aliphatic rings. The Morgan fingerprint density at radius 3 is 2.62 bits per heavy atom. The summed E-state index contributed by atoms with van der Waals surface area (Å²) >= 11 is 0. The summed E-state index contributed by atoms with van der Waals surface area (Å²) < 4.78 is 10.9. The smallest absolute Gasteiger partial charge is 0.291 e. The Labute approximate surface area is 151 Å². The molecule has 7 heteroatoms. The molecule has 3 N–H and O–H groups in total. The van der Waals surface area contributed by atoms with Crippen LogP contribution >= 0.6 is 0 Å². The molecule has 2 bridgehead atoms. The van der Waals surface area contributed by atoms with E-state index in [4.69, 9.17) is 9.15 Å². The van der Waals surface area contributed by atoms with Gasteiger partial charge in [0.1, 0.15) is 5.75 Å². The van der Waals surface area contributed by atoms with Crippen LogP contribution in [-0.2, 0) is 4.79 Å². The van der Waals surface area contributed by atoms with E-state index in [0.717, 1.165) is 12.8 Å². The van der Waals surface area contributed by atoms with Crippen molar-refractivity contribution in [3.63, 3.8) is 0 Å². The molecule has 0 spiro atoms. The second-order valence-electron chi connectivity index (χ2n) is 6.79. The number of carbonyl (C=O) groups is 2. The third kappa shape index (κ3) is 3.57. The summed E-state index contributed by atoms with van der Waals surface area (Å²) in [4.78, 5) is 23.4. The highest BCUT2D eigenvalue weighted by Gasteiger charge is 2.39. The summed E-state index contributed by atoms with van der Waals surface area (Å²) in [6, 6.07) is 11.3. The second kappa shape index (κ2) is 6.84. The Kier molecular flexibility index (Phi) is 4.38. The number of anilines is 1. The van der Waals surface area contributed by atoms with Gasteiger partial charge in [-0.3, -0.25) is 14.9 Å². The van der Waals surface area contributed by atoms with Gasteiger partial charge in [0.25, 0.3) is 11.9 Å². The standard InChI is InChI=1S/C19H21N3O4/c1-11(23)20-17-8-9-18(26-17)25-14-5-2-12(3-6-14)19(24)22-16-10-13-4-7-15(16)21-13/h2-3,5-6,8-9,13,15-16,21H,4,7,10H2,1H3,(H,20,23)(H,22,24). The van der Waals surface area contributed by atoms with E-state index in [2.05, 4.69) is 16.0 Å². The number of nitrogens with one attached hydrogen (secondary N) is 3. The lowest BCUT2D eigenvalue weighted by molar-refractivity contribution is -0.114. The minimum atomic E-state index is -0.216. The lowest BCUT2D eigenvalue weighted by Gasteiger charge is -2.21. The van der Waals surface area contributed by atoms with Gasteiger partial charge in [0.2, 0.25) is 11.8 Å². The number of hydrogen-bond donors (Lipinski definition) is 3. The van der Waals surface area contributed by atoms with Gasteiger partial charge in [-0.15, -0.1) is 0 Å². The maximum absolute atomic E-state index is 12.4. The Bertz CT molecular complexity index is 814. The molecule has 7 nitrogen and oxygen atoms in total. The van der Waals surface area contributed by atoms with Crippen LogP contribution in [0.2, 0.25) is 0 Å². The second-order valence-corrected chi connectivity index (χ2v) is 6.79. The SMILES string of the molecule is CC(=O)Nc1ccc(Oc2ccc(C(=O)NC3CC4CCC3N4)cc2)o1. The minimum absolute atomic E-state index is 0.0677. The van der Waals surface area contributed by atoms with Crippen LogP contribution in [-0.4, -0.2) is 29.9 Å². The highest BCUT2D eigenvalue weighted by molar-refractivity contribution is 5.94. The average molecular weight is 355 g/mol. The van der Waals surface area contributed by atoms with Crippen LogP contribution in [0, 0.1) is 0 Å². The zero-order valence-electron chi connectivity index (χ0n) is 14.5. The molecule has 136 valence electrons. The Hall–Kier alpha value is -2.80. The first-order valence-corrected chi connectivity index (χ1v) is 8.79. The Balaban J connectivity index is 1.35. The van der Waals surface area contributed by atoms with Gasteiger partial charge in [0.05, 0.1) is 0 Å². The molecule has 2 saturated heterocycles. The van der Waals surface area contributed by atoms with Crippen LogP contribution < -0.4 is 20.7 Å². The Morgan fingerprint density at radius 1 is 1.15 bits per heavy atom. The summed E-state index contributed by atoms with van der Waals surface area (Å²) in [7, 11) is 0. The molecule has 2 aromatic rings. The van der Waals surface area contributed by atoms with Crippen molar-refractivity contribution in [3.8, 4) is 11.7 Å². The quantitative estimate of drug-likeness (QED) is 0.767. The fourth-order valence-corrected chi connectivity index (χ4v) is 3.64. The number of amides is 2. The molecule has 3 atom stereocenters. The molecular weight excluding hydrogens is 334 g/mol. The van der Waals surface area contributed by atoms with Gasteiger partial charge in [-0.25, -0.2) is 0 Å². The zero-order valence-corrected chi connectivity index (χ0v) is 14.5. The van der Waals surface area contributed by atoms with E-state index >= 15 is 0 Å². The van der Waals surface area contributed by atoms with Crippen molar-refractivity contribution in [1.82, 2.24) is 10.6 Å². The van der Waals surface area contributed by atoms with Crippen molar-refractivity contribution >= 4 is 17.7 Å². The topological polar surface area (TPSA) is 92.6 Å². The van der Waals surface area contributed by atoms with E-state index < -0.39 is 0 Å². The third-order valence-electron chi connectivity index (χ3n) is 4.83. The fraction of sp³-hybridized carbons (Fsp3) is 0.368. The molecule has 3 heterocycles. The molecule has 3 unspecified atom stereocenters. The molecule has 0 radical (unpaired) electrons. The maximum atomic E-state index is 12.4. The predicted octanol–water partition coefficient (Wildman–Crippen LogP) is 2.65. The summed E-state index contributed by atoms with van der Waals surface area (Å²) in [5.74, 6) is 0.850. The first-order chi connectivity index (χ1) is 12.6. The van der Waals surface area contributed by atoms with E-state index in [1.807, 2.05) is 0 Å². The van der Waals surface area contributed by atoms with Gasteiger partial charge >= 0.3 is 0 Å². The third-order valence-corrected chi connectivity index (χ3v) is 4.83. The molecule has 0 aliphatic carbocycles. The van der Waals surface area contributed by atoms with Crippen molar-refractivity contribution in [2.75, 3.05) is 5.32 Å². The molecule has 0 saturated carbocycles. The van der Waals surface area contributed by atoms with Crippen LogP contribution in [0.5, 0.6) is 11.7 Å². The number of rotatable bonds is 5. The molecular formula is C19H21N3O4. The predicted molar refractivity (Wildman–Crippen MR) is 95.3 cm³/mol. The van der Waals surface area contributed by atoms with Crippen LogP contribution in [0.15, 0.2) is 40.8 Å². The van der Waals surface area contributed by atoms with Gasteiger partial charge in [0, 0.05) is 42.7 Å². The molecule has 1 aromatic carbocycles. The largest absolute Gasteiger partial charge is 0.426 e. The highest BCUT2D eigenvalue weighted by atomic mass is 16.6. The Morgan fingerprint density at radius 2 is 1.96 bits per heavy atom. The van der Waals surface area contributed by atoms with E-state index in [1.54, 1.807) is 36.4 Å². The number of furan rings is 1. The maximum Gasteiger partial charge on any atom is 0.291 e. The van der Waals surface area contributed by atoms with Crippen LogP contribution in [0.3, 0.4) is 0 Å². The van der Waals surface area contributed by atoms with Gasteiger partial charge in [-0.05, 0) is 43.5 Å². The summed E-state index contributed by atoms with van der Waals surface area (Å²) in [5.41, 5.74) is 0.596. The fourth-order valence-electron chi connectivity index (χ4n) is 3.64. The van der Waals surface area contributed by atoms with Crippen molar-refractivity contribution in [2.24, 2.45) is 0 Å². The van der Waals surface area contributed by atoms with Gasteiger partial charge in [-0.1, -0.05) is 0 Å². The van der Waals surface area contributed by atoms with Crippen molar-refractivity contribution in [2.45, 2.75) is 44.3 Å². The first-order valence-electron chi connectivity index (χ1n) is 8.79. The van der Waals surface area contributed by atoms with E-state index in [-0.39, 0.29) is 23.8 Å². The van der Waals surface area contributed by atoms with Gasteiger partial charge in [-0.2, -0.15) is 0 Å². The molecule has 4 rings (SSSR count). The molecule has 1 aromatic heterocycles. The van der Waals surface area contributed by atoms with Crippen molar-refractivity contribution in [1.29, 1.82) is 0 Å². The number of ether oxygens (including phenoxy) is 1. The lowest BCUT2D eigenvalue weighted by Crippen LogP contribution is -2.42. The number of fused-ring (bicyclic) bond motifs is 2. The summed E-state index contributed by atoms with van der Waals surface area (Å²) in [6.45, 7) is 1.40. The number of hydrogen-bond acceptors (Lipinski definition) is 5. The van der Waals surface area contributed by atoms with Gasteiger partial charge < -0.3 is 19.8 Å². The van der Waals surface area contributed by atoms with Crippen molar-refractivity contribution in [3.05, 3.63) is 42.0 Å². The zero-order chi connectivity index (χ0) is 18.1. The highest BCUT2D eigenvalue weighted by Crippen LogP contribution is 2.29. The van der Waals surface area contributed by atoms with Gasteiger partial charge in [0.15, 0.2) is 0 Å². The van der Waals surface area contributed by atoms with E-state index in [9.17, 15) is 9.59 Å². The monoisotopic (exact) mass is 355 g/mol. The minimum Gasteiger partial charge on any atom is -0.426 e.